The molecule has 2 aromatic rings. The summed E-state index contributed by atoms with van der Waals surface area (Å²) in [6.07, 6.45) is 3.83. The molecular formula is C19H19NO4. The molecule has 0 radical (unpaired) electrons. The highest BCUT2D eigenvalue weighted by Crippen LogP contribution is 2.25. The van der Waals surface area contributed by atoms with Crippen LogP contribution in [0.1, 0.15) is 28.4 Å². The molecule has 0 saturated carbocycles. The largest absolute Gasteiger partial charge is 0.496 e. The molecule has 5 nitrogen and oxygen atoms in total. The van der Waals surface area contributed by atoms with Crippen molar-refractivity contribution in [1.29, 1.82) is 0 Å². The third-order valence-electron chi connectivity index (χ3n) is 3.54. The van der Waals surface area contributed by atoms with Crippen LogP contribution in [-0.2, 0) is 11.2 Å². The molecule has 0 aliphatic carbocycles. The summed E-state index contributed by atoms with van der Waals surface area (Å²) >= 11 is 0. The molecule has 0 bridgehead atoms. The summed E-state index contributed by atoms with van der Waals surface area (Å²) in [5.41, 5.74) is 2.15. The van der Waals surface area contributed by atoms with Crippen molar-refractivity contribution < 1.29 is 19.4 Å². The molecule has 2 aromatic carbocycles. The van der Waals surface area contributed by atoms with E-state index in [1.807, 2.05) is 25.1 Å². The summed E-state index contributed by atoms with van der Waals surface area (Å²) in [7, 11) is 1.59. The minimum atomic E-state index is -1.09. The smallest absolute Gasteiger partial charge is 0.337 e. The molecule has 24 heavy (non-hydrogen) atoms. The molecule has 0 spiro atoms. The number of benzene rings is 2. The maximum absolute atomic E-state index is 12.1. The Morgan fingerprint density at radius 3 is 2.58 bits per heavy atom. The van der Waals surface area contributed by atoms with E-state index >= 15 is 0 Å². The van der Waals surface area contributed by atoms with Crippen LogP contribution < -0.4 is 10.1 Å². The summed E-state index contributed by atoms with van der Waals surface area (Å²) in [6, 6.07) is 12.0. The summed E-state index contributed by atoms with van der Waals surface area (Å²) in [5, 5.41) is 11.7. The number of aryl methyl sites for hydroxylation is 1. The van der Waals surface area contributed by atoms with Crippen LogP contribution in [0.4, 0.5) is 5.69 Å². The van der Waals surface area contributed by atoms with Gasteiger partial charge in [-0.05, 0) is 30.2 Å². The monoisotopic (exact) mass is 325 g/mol. The van der Waals surface area contributed by atoms with Crippen LogP contribution >= 0.6 is 0 Å². The molecule has 0 atom stereocenters. The number of hydrogen-bond acceptors (Lipinski definition) is 3. The van der Waals surface area contributed by atoms with E-state index in [1.165, 1.54) is 12.1 Å². The van der Waals surface area contributed by atoms with Gasteiger partial charge in [-0.1, -0.05) is 37.3 Å². The fourth-order valence-corrected chi connectivity index (χ4v) is 2.38. The molecule has 0 saturated heterocycles. The first kappa shape index (κ1) is 17.3. The van der Waals surface area contributed by atoms with Gasteiger partial charge in [0.2, 0.25) is 5.91 Å². The number of carboxylic acid groups (broad SMARTS) is 1. The summed E-state index contributed by atoms with van der Waals surface area (Å²) in [4.78, 5) is 23.2. The molecule has 0 fully saturated rings. The van der Waals surface area contributed by atoms with Crippen LogP contribution in [0.25, 0.3) is 6.08 Å². The minimum Gasteiger partial charge on any atom is -0.496 e. The van der Waals surface area contributed by atoms with E-state index in [0.717, 1.165) is 23.3 Å². The predicted octanol–water partition coefficient (Wildman–Crippen LogP) is 3.61. The topological polar surface area (TPSA) is 75.6 Å². The number of nitrogens with one attached hydrogen (secondary N) is 1. The van der Waals surface area contributed by atoms with Gasteiger partial charge >= 0.3 is 5.97 Å². The molecular weight excluding hydrogens is 306 g/mol. The standard InChI is InChI=1S/C19H19NO4/c1-3-13-7-6-8-14(18(13)24-2)11-12-17(21)20-16-10-5-4-9-15(16)19(22)23/h4-12H,3H2,1-2H3,(H,20,21)(H,22,23)/b12-11+. The number of carbonyl (C=O) groups is 2. The van der Waals surface area contributed by atoms with Crippen molar-refractivity contribution in [2.45, 2.75) is 13.3 Å². The Labute approximate surface area is 140 Å². The van der Waals surface area contributed by atoms with E-state index in [9.17, 15) is 9.59 Å². The normalized spacial score (nSPS) is 10.6. The third kappa shape index (κ3) is 4.01. The molecule has 0 heterocycles. The molecule has 2 rings (SSSR count). The maximum atomic E-state index is 12.1. The molecule has 124 valence electrons. The van der Waals surface area contributed by atoms with Gasteiger partial charge in [0.1, 0.15) is 5.75 Å². The number of ether oxygens (including phenoxy) is 1. The summed E-state index contributed by atoms with van der Waals surface area (Å²) < 4.78 is 5.41. The molecule has 0 aliphatic rings. The van der Waals surface area contributed by atoms with E-state index in [4.69, 9.17) is 9.84 Å². The molecule has 0 aliphatic heterocycles. The quantitative estimate of drug-likeness (QED) is 0.796. The van der Waals surface area contributed by atoms with E-state index in [-0.39, 0.29) is 11.3 Å². The Kier molecular flexibility index (Phi) is 5.73. The second-order valence-corrected chi connectivity index (χ2v) is 5.07. The fraction of sp³-hybridized carbons (Fsp3) is 0.158. The first-order valence-corrected chi connectivity index (χ1v) is 7.54. The van der Waals surface area contributed by atoms with Crippen molar-refractivity contribution in [3.8, 4) is 5.75 Å². The van der Waals surface area contributed by atoms with Crippen LogP contribution in [0.15, 0.2) is 48.5 Å². The van der Waals surface area contributed by atoms with Gasteiger partial charge in [0.15, 0.2) is 0 Å². The number of carbonyl (C=O) groups excluding carboxylic acids is 1. The Hall–Kier alpha value is -3.08. The summed E-state index contributed by atoms with van der Waals surface area (Å²) in [5.74, 6) is -0.769. The molecule has 1 amide bonds. The van der Waals surface area contributed by atoms with Gasteiger partial charge in [0.05, 0.1) is 18.4 Å². The van der Waals surface area contributed by atoms with E-state index in [2.05, 4.69) is 5.32 Å². The number of anilines is 1. The van der Waals surface area contributed by atoms with Gasteiger partial charge in [-0.2, -0.15) is 0 Å². The molecule has 5 heteroatoms. The average Bonchev–Trinajstić information content (AvgIpc) is 2.59. The summed E-state index contributed by atoms with van der Waals surface area (Å²) in [6.45, 7) is 2.03. The second kappa shape index (κ2) is 7.97. The second-order valence-electron chi connectivity index (χ2n) is 5.07. The number of para-hydroxylation sites is 2. The lowest BCUT2D eigenvalue weighted by Gasteiger charge is -2.10. The van der Waals surface area contributed by atoms with E-state index in [0.29, 0.717) is 0 Å². The van der Waals surface area contributed by atoms with Gasteiger partial charge in [0, 0.05) is 11.6 Å². The lowest BCUT2D eigenvalue weighted by Crippen LogP contribution is -2.11. The minimum absolute atomic E-state index is 0.0461. The number of rotatable bonds is 6. The number of amides is 1. The third-order valence-corrected chi connectivity index (χ3v) is 3.54. The van der Waals surface area contributed by atoms with Crippen LogP contribution in [0.2, 0.25) is 0 Å². The SMILES string of the molecule is CCc1cccc(/C=C/C(=O)Nc2ccccc2C(=O)O)c1OC. The number of hydrogen-bond donors (Lipinski definition) is 2. The van der Waals surface area contributed by atoms with Crippen LogP contribution in [0.5, 0.6) is 5.75 Å². The lowest BCUT2D eigenvalue weighted by atomic mass is 10.1. The average molecular weight is 325 g/mol. The zero-order chi connectivity index (χ0) is 17.5. The first-order valence-electron chi connectivity index (χ1n) is 7.54. The molecule has 2 N–H and O–H groups in total. The fourth-order valence-electron chi connectivity index (χ4n) is 2.38. The van der Waals surface area contributed by atoms with E-state index < -0.39 is 11.9 Å². The van der Waals surface area contributed by atoms with Crippen molar-refractivity contribution in [3.05, 3.63) is 65.2 Å². The molecule has 0 aromatic heterocycles. The highest BCUT2D eigenvalue weighted by atomic mass is 16.5. The van der Waals surface area contributed by atoms with Crippen molar-refractivity contribution in [2.24, 2.45) is 0 Å². The number of carboxylic acids is 1. The highest BCUT2D eigenvalue weighted by molar-refractivity contribution is 6.06. The number of methoxy groups -OCH3 is 1. The van der Waals surface area contributed by atoms with Gasteiger partial charge < -0.3 is 15.2 Å². The van der Waals surface area contributed by atoms with Gasteiger partial charge in [-0.25, -0.2) is 4.79 Å². The van der Waals surface area contributed by atoms with E-state index in [1.54, 1.807) is 31.4 Å². The van der Waals surface area contributed by atoms with Crippen LogP contribution in [0, 0.1) is 0 Å². The van der Waals surface area contributed by atoms with Crippen molar-refractivity contribution in [2.75, 3.05) is 12.4 Å². The Bertz CT molecular complexity index is 781. The van der Waals surface area contributed by atoms with Gasteiger partial charge in [-0.3, -0.25) is 4.79 Å². The van der Waals surface area contributed by atoms with Crippen LogP contribution in [-0.4, -0.2) is 24.1 Å². The molecule has 0 unspecified atom stereocenters. The zero-order valence-electron chi connectivity index (χ0n) is 13.6. The zero-order valence-corrected chi connectivity index (χ0v) is 13.6. The Balaban J connectivity index is 2.19. The van der Waals surface area contributed by atoms with Gasteiger partial charge in [-0.15, -0.1) is 0 Å². The maximum Gasteiger partial charge on any atom is 0.337 e. The first-order chi connectivity index (χ1) is 11.6. The number of aromatic carboxylic acids is 1. The predicted molar refractivity (Wildman–Crippen MR) is 93.4 cm³/mol. The Morgan fingerprint density at radius 2 is 1.92 bits per heavy atom. The van der Waals surface area contributed by atoms with Crippen LogP contribution in [0.3, 0.4) is 0 Å². The van der Waals surface area contributed by atoms with Crippen molar-refractivity contribution >= 4 is 23.6 Å². The lowest BCUT2D eigenvalue weighted by molar-refractivity contribution is -0.111. The highest BCUT2D eigenvalue weighted by Gasteiger charge is 2.10. The Morgan fingerprint density at radius 1 is 1.17 bits per heavy atom. The van der Waals surface area contributed by atoms with Gasteiger partial charge in [0.25, 0.3) is 0 Å². The van der Waals surface area contributed by atoms with Crippen molar-refractivity contribution in [3.63, 3.8) is 0 Å². The van der Waals surface area contributed by atoms with Crippen molar-refractivity contribution in [1.82, 2.24) is 0 Å².